The van der Waals surface area contributed by atoms with Gasteiger partial charge in [-0.05, 0) is 35.9 Å². The molecule has 178 valence electrons. The summed E-state index contributed by atoms with van der Waals surface area (Å²) in [5.41, 5.74) is 9.33. The molecule has 8 aromatic rings. The number of benzene rings is 5. The average molecular weight is 486 g/mol. The van der Waals surface area contributed by atoms with Gasteiger partial charge in [0.05, 0.1) is 27.8 Å². The smallest absolute Gasteiger partial charge is 0.0789 e. The van der Waals surface area contributed by atoms with Crippen LogP contribution in [0.4, 0.5) is 0 Å². The summed E-state index contributed by atoms with van der Waals surface area (Å²) in [6, 6.07) is 45.4. The lowest BCUT2D eigenvalue weighted by molar-refractivity contribution is 1.14. The molecule has 0 saturated carbocycles. The first-order valence-corrected chi connectivity index (χ1v) is 12.9. The fourth-order valence-corrected chi connectivity index (χ4v) is 6.02. The molecule has 0 fully saturated rings. The van der Waals surface area contributed by atoms with E-state index in [1.165, 1.54) is 43.6 Å². The summed E-state index contributed by atoms with van der Waals surface area (Å²) < 4.78 is 4.86. The summed E-state index contributed by atoms with van der Waals surface area (Å²) in [5.74, 6) is 0. The van der Waals surface area contributed by atoms with Crippen molar-refractivity contribution in [3.05, 3.63) is 140 Å². The van der Waals surface area contributed by atoms with Crippen molar-refractivity contribution in [3.8, 4) is 22.5 Å². The predicted octanol–water partition coefficient (Wildman–Crippen LogP) is 8.94. The van der Waals surface area contributed by atoms with Crippen molar-refractivity contribution < 1.29 is 0 Å². The van der Waals surface area contributed by atoms with E-state index >= 15 is 0 Å². The van der Waals surface area contributed by atoms with Crippen molar-refractivity contribution in [2.45, 2.75) is 0 Å². The van der Waals surface area contributed by atoms with Gasteiger partial charge in [-0.15, -0.1) is 0 Å². The standard InChI is InChI=1S/C35H23N3/c1-3-11-24(12-4-1)30-23-36-22-21-33(30)38-32-18-10-8-16-27(32)29-20-19-28-26-15-7-9-17-31(26)37(34(28)35(29)38)25-13-5-2-6-14-25/h1-23H. The fourth-order valence-electron chi connectivity index (χ4n) is 6.02. The van der Waals surface area contributed by atoms with Gasteiger partial charge in [0.15, 0.2) is 0 Å². The topological polar surface area (TPSA) is 22.8 Å². The zero-order valence-electron chi connectivity index (χ0n) is 20.6. The minimum atomic E-state index is 1.11. The van der Waals surface area contributed by atoms with E-state index in [1.54, 1.807) is 0 Å². The van der Waals surface area contributed by atoms with Gasteiger partial charge in [-0.3, -0.25) is 4.98 Å². The summed E-state index contributed by atoms with van der Waals surface area (Å²) in [6.07, 6.45) is 3.88. The van der Waals surface area contributed by atoms with Crippen LogP contribution in [0.25, 0.3) is 66.1 Å². The van der Waals surface area contributed by atoms with Crippen molar-refractivity contribution in [1.29, 1.82) is 0 Å². The molecule has 3 heterocycles. The molecule has 0 N–H and O–H groups in total. The lowest BCUT2D eigenvalue weighted by Crippen LogP contribution is -2.00. The van der Waals surface area contributed by atoms with Crippen LogP contribution < -0.4 is 0 Å². The Morgan fingerprint density at radius 3 is 1.68 bits per heavy atom. The van der Waals surface area contributed by atoms with Gasteiger partial charge in [0.2, 0.25) is 0 Å². The molecule has 0 aliphatic heterocycles. The number of aromatic nitrogens is 3. The molecule has 0 aliphatic carbocycles. The minimum absolute atomic E-state index is 1.11. The molecule has 8 rings (SSSR count). The summed E-state index contributed by atoms with van der Waals surface area (Å²) >= 11 is 0. The lowest BCUT2D eigenvalue weighted by atomic mass is 10.1. The molecule has 5 aromatic carbocycles. The highest BCUT2D eigenvalue weighted by molar-refractivity contribution is 6.24. The molecule has 0 amide bonds. The average Bonchev–Trinajstić information content (AvgIpc) is 3.51. The largest absolute Gasteiger partial charge is 0.307 e. The summed E-state index contributed by atoms with van der Waals surface area (Å²) in [5, 5.41) is 4.98. The molecular formula is C35H23N3. The van der Waals surface area contributed by atoms with Crippen LogP contribution in [0, 0.1) is 0 Å². The van der Waals surface area contributed by atoms with Gasteiger partial charge in [0.25, 0.3) is 0 Å². The third kappa shape index (κ3) is 2.93. The van der Waals surface area contributed by atoms with Gasteiger partial charge in [-0.25, -0.2) is 0 Å². The van der Waals surface area contributed by atoms with E-state index in [0.29, 0.717) is 0 Å². The third-order valence-corrected chi connectivity index (χ3v) is 7.61. The molecule has 3 heteroatoms. The first-order valence-electron chi connectivity index (χ1n) is 12.9. The van der Waals surface area contributed by atoms with Gasteiger partial charge >= 0.3 is 0 Å². The Morgan fingerprint density at radius 2 is 1.00 bits per heavy atom. The van der Waals surface area contributed by atoms with E-state index in [2.05, 4.69) is 142 Å². The van der Waals surface area contributed by atoms with Gasteiger partial charge < -0.3 is 9.13 Å². The number of hydrogen-bond donors (Lipinski definition) is 0. The van der Waals surface area contributed by atoms with Crippen molar-refractivity contribution in [2.75, 3.05) is 0 Å². The van der Waals surface area contributed by atoms with Crippen LogP contribution in [0.15, 0.2) is 140 Å². The highest BCUT2D eigenvalue weighted by atomic mass is 15.0. The summed E-state index contributed by atoms with van der Waals surface area (Å²) in [4.78, 5) is 4.54. The zero-order chi connectivity index (χ0) is 25.1. The first-order chi connectivity index (χ1) is 18.9. The Morgan fingerprint density at radius 1 is 0.447 bits per heavy atom. The number of pyridine rings is 1. The zero-order valence-corrected chi connectivity index (χ0v) is 20.6. The van der Waals surface area contributed by atoms with Gasteiger partial charge in [0, 0.05) is 45.2 Å². The molecule has 0 bridgehead atoms. The monoisotopic (exact) mass is 485 g/mol. The number of rotatable bonds is 3. The fraction of sp³-hybridized carbons (Fsp3) is 0. The Hall–Kier alpha value is -5.15. The van der Waals surface area contributed by atoms with Crippen molar-refractivity contribution in [3.63, 3.8) is 0 Å². The number of hydrogen-bond acceptors (Lipinski definition) is 1. The SMILES string of the molecule is c1ccc(-c2cnccc2-n2c3ccccc3c3ccc4c5ccccc5n(-c5ccccc5)c4c32)cc1. The van der Waals surface area contributed by atoms with Crippen molar-refractivity contribution >= 4 is 43.6 Å². The maximum absolute atomic E-state index is 4.54. The molecule has 0 spiro atoms. The molecular weight excluding hydrogens is 462 g/mol. The quantitative estimate of drug-likeness (QED) is 0.245. The number of para-hydroxylation sites is 3. The maximum atomic E-state index is 4.54. The van der Waals surface area contributed by atoms with Crippen LogP contribution in [-0.4, -0.2) is 14.1 Å². The maximum Gasteiger partial charge on any atom is 0.0789 e. The lowest BCUT2D eigenvalue weighted by Gasteiger charge is -2.15. The van der Waals surface area contributed by atoms with Crippen LogP contribution in [0.3, 0.4) is 0 Å². The van der Waals surface area contributed by atoms with E-state index < -0.39 is 0 Å². The molecule has 0 radical (unpaired) electrons. The summed E-state index contributed by atoms with van der Waals surface area (Å²) in [6.45, 7) is 0. The molecule has 3 aromatic heterocycles. The van der Waals surface area contributed by atoms with E-state index in [0.717, 1.165) is 22.5 Å². The van der Waals surface area contributed by atoms with E-state index in [-0.39, 0.29) is 0 Å². The van der Waals surface area contributed by atoms with Gasteiger partial charge in [-0.2, -0.15) is 0 Å². The second-order valence-electron chi connectivity index (χ2n) is 9.66. The van der Waals surface area contributed by atoms with Crippen LogP contribution in [0.1, 0.15) is 0 Å². The van der Waals surface area contributed by atoms with Crippen molar-refractivity contribution in [2.24, 2.45) is 0 Å². The van der Waals surface area contributed by atoms with Gasteiger partial charge in [-0.1, -0.05) is 97.1 Å². The molecule has 38 heavy (non-hydrogen) atoms. The Labute approximate surface area is 219 Å². The Bertz CT molecular complexity index is 2120. The van der Waals surface area contributed by atoms with Crippen LogP contribution in [0.5, 0.6) is 0 Å². The highest BCUT2D eigenvalue weighted by Gasteiger charge is 2.22. The second-order valence-corrected chi connectivity index (χ2v) is 9.66. The predicted molar refractivity (Wildman–Crippen MR) is 158 cm³/mol. The second kappa shape index (κ2) is 8.19. The van der Waals surface area contributed by atoms with E-state index in [9.17, 15) is 0 Å². The van der Waals surface area contributed by atoms with Crippen LogP contribution >= 0.6 is 0 Å². The Kier molecular flexibility index (Phi) is 4.52. The summed E-state index contributed by atoms with van der Waals surface area (Å²) in [7, 11) is 0. The minimum Gasteiger partial charge on any atom is -0.307 e. The number of fused-ring (bicyclic) bond motifs is 7. The van der Waals surface area contributed by atoms with E-state index in [1.807, 2.05) is 12.4 Å². The number of nitrogens with zero attached hydrogens (tertiary/aromatic N) is 3. The first kappa shape index (κ1) is 21.0. The van der Waals surface area contributed by atoms with E-state index in [4.69, 9.17) is 0 Å². The van der Waals surface area contributed by atoms with Crippen LogP contribution in [-0.2, 0) is 0 Å². The molecule has 0 unspecified atom stereocenters. The normalized spacial score (nSPS) is 11.7. The molecule has 3 nitrogen and oxygen atoms in total. The highest BCUT2D eigenvalue weighted by Crippen LogP contribution is 2.42. The van der Waals surface area contributed by atoms with Crippen molar-refractivity contribution in [1.82, 2.24) is 14.1 Å². The third-order valence-electron chi connectivity index (χ3n) is 7.61. The Balaban J connectivity index is 1.63. The van der Waals surface area contributed by atoms with Gasteiger partial charge in [0.1, 0.15) is 0 Å². The molecule has 0 aliphatic rings. The molecule has 0 saturated heterocycles. The van der Waals surface area contributed by atoms with Crippen LogP contribution in [0.2, 0.25) is 0 Å². The molecule has 0 atom stereocenters.